The van der Waals surface area contributed by atoms with Gasteiger partial charge in [0, 0.05) is 24.2 Å². The highest BCUT2D eigenvalue weighted by Gasteiger charge is 2.32. The van der Waals surface area contributed by atoms with Crippen LogP contribution in [0.3, 0.4) is 0 Å². The summed E-state index contributed by atoms with van der Waals surface area (Å²) in [7, 11) is 3.27. The number of hydrogen-bond donors (Lipinski definition) is 0. The average molecular weight is 751 g/mol. The van der Waals surface area contributed by atoms with Gasteiger partial charge in [0.05, 0.1) is 14.2 Å². The number of rotatable bonds is 13. The van der Waals surface area contributed by atoms with Gasteiger partial charge in [-0.15, -0.1) is 0 Å². The Labute approximate surface area is 332 Å². The molecule has 0 atom stereocenters. The van der Waals surface area contributed by atoms with Crippen molar-refractivity contribution in [2.24, 2.45) is 9.98 Å². The van der Waals surface area contributed by atoms with E-state index < -0.39 is 0 Å². The van der Waals surface area contributed by atoms with Crippen LogP contribution in [0.4, 0.5) is 0 Å². The van der Waals surface area contributed by atoms with Crippen molar-refractivity contribution < 1.29 is 19.1 Å². The van der Waals surface area contributed by atoms with Crippen molar-refractivity contribution in [3.63, 3.8) is 0 Å². The summed E-state index contributed by atoms with van der Waals surface area (Å²) in [4.78, 5) is 41.1. The zero-order valence-electron chi connectivity index (χ0n) is 34.1. The molecule has 2 aliphatic heterocycles. The maximum Gasteiger partial charge on any atom is 0.278 e. The lowest BCUT2D eigenvalue weighted by Gasteiger charge is -2.22. The van der Waals surface area contributed by atoms with Gasteiger partial charge in [-0.05, 0) is 82.3 Å². The Morgan fingerprint density at radius 1 is 0.500 bits per heavy atom. The number of amidine groups is 2. The topological polar surface area (TPSA) is 83.8 Å². The van der Waals surface area contributed by atoms with Crippen molar-refractivity contribution in [1.29, 1.82) is 0 Å². The van der Waals surface area contributed by atoms with Crippen LogP contribution in [0.25, 0.3) is 12.2 Å². The SMILES string of the molecule is COc1ccc(/C=C2\N=C(c3ccc(C(C)(C)C)cc3)N(CCCCCCN3C(=O)/C(=C\c4ccc(OC)cc4)N=C3c3ccc(C(C)(C)C)cc3)C2=O)cc1. The van der Waals surface area contributed by atoms with Gasteiger partial charge in [0.1, 0.15) is 34.6 Å². The number of nitrogens with zero attached hydrogens (tertiary/aromatic N) is 4. The molecule has 0 saturated heterocycles. The molecule has 2 heterocycles. The highest BCUT2D eigenvalue weighted by molar-refractivity contribution is 6.20. The van der Waals surface area contributed by atoms with E-state index in [1.165, 1.54) is 11.1 Å². The Bertz CT molecular complexity index is 1990. The van der Waals surface area contributed by atoms with Crippen LogP contribution in [0.15, 0.2) is 118 Å². The van der Waals surface area contributed by atoms with E-state index in [1.54, 1.807) is 14.2 Å². The van der Waals surface area contributed by atoms with Crippen LogP contribution in [0.1, 0.15) is 101 Å². The summed E-state index contributed by atoms with van der Waals surface area (Å²) in [5.41, 5.74) is 6.91. The molecule has 8 heteroatoms. The minimum absolute atomic E-state index is 0.0164. The molecule has 0 radical (unpaired) electrons. The number of carbonyl (C=O) groups is 2. The molecule has 4 aromatic carbocycles. The Hall–Kier alpha value is -5.76. The second kappa shape index (κ2) is 16.9. The van der Waals surface area contributed by atoms with Crippen molar-refractivity contribution in [2.75, 3.05) is 27.3 Å². The third kappa shape index (κ3) is 9.36. The van der Waals surface area contributed by atoms with Gasteiger partial charge in [0.15, 0.2) is 0 Å². The first kappa shape index (κ1) is 39.9. The van der Waals surface area contributed by atoms with Crippen molar-refractivity contribution in [3.8, 4) is 11.5 Å². The smallest absolute Gasteiger partial charge is 0.278 e. The maximum absolute atomic E-state index is 13.9. The fourth-order valence-electron chi connectivity index (χ4n) is 6.81. The second-order valence-electron chi connectivity index (χ2n) is 16.5. The van der Waals surface area contributed by atoms with Crippen molar-refractivity contribution in [3.05, 3.63) is 142 Å². The van der Waals surface area contributed by atoms with E-state index in [0.29, 0.717) is 36.2 Å². The molecule has 0 saturated carbocycles. The molecule has 8 nitrogen and oxygen atoms in total. The van der Waals surface area contributed by atoms with Crippen molar-refractivity contribution in [2.45, 2.75) is 78.1 Å². The number of carbonyl (C=O) groups excluding carboxylic acids is 2. The van der Waals surface area contributed by atoms with Crippen LogP contribution >= 0.6 is 0 Å². The Morgan fingerprint density at radius 2 is 0.839 bits per heavy atom. The maximum atomic E-state index is 13.9. The Kier molecular flexibility index (Phi) is 12.1. The number of unbranched alkanes of at least 4 members (excludes halogenated alkanes) is 3. The number of benzene rings is 4. The minimum atomic E-state index is -0.104. The predicted octanol–water partition coefficient (Wildman–Crippen LogP) is 9.82. The van der Waals surface area contributed by atoms with E-state index >= 15 is 0 Å². The van der Waals surface area contributed by atoms with Gasteiger partial charge in [0.2, 0.25) is 0 Å². The molecule has 290 valence electrons. The van der Waals surface area contributed by atoms with E-state index in [4.69, 9.17) is 19.5 Å². The zero-order chi connectivity index (χ0) is 40.0. The number of hydrogen-bond acceptors (Lipinski definition) is 6. The van der Waals surface area contributed by atoms with Crippen LogP contribution in [0, 0.1) is 0 Å². The third-order valence-electron chi connectivity index (χ3n) is 10.3. The lowest BCUT2D eigenvalue weighted by molar-refractivity contribution is -0.123. The molecule has 0 N–H and O–H groups in total. The van der Waals surface area contributed by atoms with Crippen molar-refractivity contribution >= 4 is 35.6 Å². The molecule has 0 bridgehead atoms. The number of aliphatic imine (C=N–C) groups is 2. The van der Waals surface area contributed by atoms with Gasteiger partial charge in [0.25, 0.3) is 11.8 Å². The fourth-order valence-corrected chi connectivity index (χ4v) is 6.81. The molecule has 6 rings (SSSR count). The quantitative estimate of drug-likeness (QED) is 0.101. The molecule has 0 spiro atoms. The first-order valence-corrected chi connectivity index (χ1v) is 19.5. The summed E-state index contributed by atoms with van der Waals surface area (Å²) in [5.74, 6) is 2.65. The van der Waals surface area contributed by atoms with Gasteiger partial charge >= 0.3 is 0 Å². The normalized spacial score (nSPS) is 16.2. The van der Waals surface area contributed by atoms with Gasteiger partial charge in [-0.2, -0.15) is 0 Å². The predicted molar refractivity (Wildman–Crippen MR) is 227 cm³/mol. The van der Waals surface area contributed by atoms with Crippen LogP contribution in [0.2, 0.25) is 0 Å². The molecule has 2 amide bonds. The molecular formula is C48H54N4O4. The van der Waals surface area contributed by atoms with Gasteiger partial charge in [-0.3, -0.25) is 19.4 Å². The summed E-state index contributed by atoms with van der Waals surface area (Å²) < 4.78 is 10.6. The summed E-state index contributed by atoms with van der Waals surface area (Å²) in [6.45, 7) is 14.2. The van der Waals surface area contributed by atoms with Crippen LogP contribution in [-0.4, -0.2) is 60.6 Å². The highest BCUT2D eigenvalue weighted by atomic mass is 16.5. The molecule has 2 aliphatic rings. The highest BCUT2D eigenvalue weighted by Crippen LogP contribution is 2.29. The zero-order valence-corrected chi connectivity index (χ0v) is 34.1. The number of methoxy groups -OCH3 is 2. The largest absolute Gasteiger partial charge is 0.497 e. The minimum Gasteiger partial charge on any atom is -0.497 e. The first-order chi connectivity index (χ1) is 26.7. The number of ether oxygens (including phenoxy) is 2. The van der Waals surface area contributed by atoms with Crippen LogP contribution in [0.5, 0.6) is 11.5 Å². The average Bonchev–Trinajstić information content (AvgIpc) is 3.66. The van der Waals surface area contributed by atoms with E-state index in [-0.39, 0.29) is 22.6 Å². The van der Waals surface area contributed by atoms with Crippen molar-refractivity contribution in [1.82, 2.24) is 9.80 Å². The number of amides is 2. The van der Waals surface area contributed by atoms with Gasteiger partial charge in [-0.25, -0.2) is 9.98 Å². The molecular weight excluding hydrogens is 697 g/mol. The lowest BCUT2D eigenvalue weighted by atomic mass is 9.86. The molecule has 0 aliphatic carbocycles. The lowest BCUT2D eigenvalue weighted by Crippen LogP contribution is -2.34. The summed E-state index contributed by atoms with van der Waals surface area (Å²) in [5, 5.41) is 0. The molecule has 56 heavy (non-hydrogen) atoms. The van der Waals surface area contributed by atoms with E-state index in [2.05, 4.69) is 90.1 Å². The molecule has 0 aromatic heterocycles. The third-order valence-corrected chi connectivity index (χ3v) is 10.3. The Morgan fingerprint density at radius 3 is 1.14 bits per heavy atom. The molecule has 0 unspecified atom stereocenters. The van der Waals surface area contributed by atoms with E-state index in [1.807, 2.05) is 70.5 Å². The van der Waals surface area contributed by atoms with Crippen LogP contribution < -0.4 is 9.47 Å². The molecule has 4 aromatic rings. The summed E-state index contributed by atoms with van der Waals surface area (Å²) in [6, 6.07) is 32.0. The monoisotopic (exact) mass is 750 g/mol. The second-order valence-corrected chi connectivity index (χ2v) is 16.5. The van der Waals surface area contributed by atoms with E-state index in [0.717, 1.165) is 59.4 Å². The first-order valence-electron chi connectivity index (χ1n) is 19.5. The summed E-state index contributed by atoms with van der Waals surface area (Å²) >= 11 is 0. The van der Waals surface area contributed by atoms with E-state index in [9.17, 15) is 9.59 Å². The van der Waals surface area contributed by atoms with Crippen LogP contribution in [-0.2, 0) is 20.4 Å². The Balaban J connectivity index is 1.13. The molecule has 0 fully saturated rings. The fraction of sp³-hybridized carbons (Fsp3) is 0.333. The standard InChI is InChI=1S/C48H54N4O4/c1-47(2,3)37-21-17-35(18-22-37)43-49-41(31-33-13-25-39(55-7)26-14-33)45(53)51(43)29-11-9-10-12-30-52-44(36-19-23-38(24-20-36)48(4,5)6)50-42(46(52)54)32-34-15-27-40(56-8)28-16-34/h13-28,31-32H,9-12,29-30H2,1-8H3/b41-31-,42-32+. The summed E-state index contributed by atoms with van der Waals surface area (Å²) in [6.07, 6.45) is 7.05. The van der Waals surface area contributed by atoms with Gasteiger partial charge in [-0.1, -0.05) is 127 Å². The van der Waals surface area contributed by atoms with Gasteiger partial charge < -0.3 is 9.47 Å².